The first-order valence-corrected chi connectivity index (χ1v) is 5.03. The Morgan fingerprint density at radius 1 is 1.40 bits per heavy atom. The third kappa shape index (κ3) is 8.20. The lowest BCUT2D eigenvalue weighted by molar-refractivity contribution is 0.208. The van der Waals surface area contributed by atoms with E-state index in [-0.39, 0.29) is 12.0 Å². The second-order valence-electron chi connectivity index (χ2n) is 3.22. The van der Waals surface area contributed by atoms with Crippen molar-refractivity contribution in [3.05, 3.63) is 0 Å². The highest BCUT2D eigenvalue weighted by Crippen LogP contribution is 2.15. The number of hydrogen-bond acceptors (Lipinski definition) is 3. The van der Waals surface area contributed by atoms with E-state index in [4.69, 9.17) is 10.7 Å². The fourth-order valence-electron chi connectivity index (χ4n) is 0.247. The van der Waals surface area contributed by atoms with E-state index < -0.39 is 9.33 Å². The van der Waals surface area contributed by atoms with Crippen LogP contribution in [0, 0.1) is 5.41 Å². The van der Waals surface area contributed by atoms with Crippen LogP contribution in [0.2, 0.25) is 0 Å². The van der Waals surface area contributed by atoms with Gasteiger partial charge in [0.25, 0.3) is 0 Å². The van der Waals surface area contributed by atoms with Crippen LogP contribution in [0.25, 0.3) is 0 Å². The Labute approximate surface area is 66.0 Å². The molecule has 0 aromatic carbocycles. The molecule has 10 heavy (non-hydrogen) atoms. The molecule has 0 heterocycles. The minimum atomic E-state index is -3.79. The smallest absolute Gasteiger partial charge is 0.257 e. The van der Waals surface area contributed by atoms with Crippen molar-refractivity contribution < 1.29 is 12.6 Å². The lowest BCUT2D eigenvalue weighted by Gasteiger charge is -2.15. The summed E-state index contributed by atoms with van der Waals surface area (Å²) in [6, 6.07) is 0. The van der Waals surface area contributed by atoms with E-state index in [0.717, 1.165) is 0 Å². The van der Waals surface area contributed by atoms with Crippen molar-refractivity contribution >= 4 is 20.0 Å². The topological polar surface area (TPSA) is 43.4 Å². The molecule has 0 bridgehead atoms. The first kappa shape index (κ1) is 10.2. The Kier molecular flexibility index (Phi) is 3.13. The number of rotatable bonds is 2. The van der Waals surface area contributed by atoms with Gasteiger partial charge in [0.2, 0.25) is 0 Å². The van der Waals surface area contributed by atoms with Gasteiger partial charge in [0.1, 0.15) is 0 Å². The van der Waals surface area contributed by atoms with Crippen LogP contribution in [0.3, 0.4) is 0 Å². The van der Waals surface area contributed by atoms with Crippen LogP contribution in [0.4, 0.5) is 0 Å². The maximum Gasteiger partial charge on any atom is 0.355 e. The highest BCUT2D eigenvalue weighted by molar-refractivity contribution is 8.09. The molecular formula is C5H11ClO3S. The van der Waals surface area contributed by atoms with Gasteiger partial charge in [-0.2, -0.15) is 8.42 Å². The van der Waals surface area contributed by atoms with Gasteiger partial charge in [0.05, 0.1) is 6.61 Å². The Hall–Kier alpha value is 0.200. The molecule has 0 saturated heterocycles. The fourth-order valence-corrected chi connectivity index (χ4v) is 0.875. The predicted molar refractivity (Wildman–Crippen MR) is 40.2 cm³/mol. The van der Waals surface area contributed by atoms with E-state index in [9.17, 15) is 8.42 Å². The van der Waals surface area contributed by atoms with Gasteiger partial charge in [-0.1, -0.05) is 20.8 Å². The third-order valence-corrected chi connectivity index (χ3v) is 1.30. The van der Waals surface area contributed by atoms with Gasteiger partial charge in [-0.15, -0.1) is 0 Å². The van der Waals surface area contributed by atoms with Gasteiger partial charge in [-0.05, 0) is 5.41 Å². The van der Waals surface area contributed by atoms with Crippen LogP contribution in [0.15, 0.2) is 0 Å². The van der Waals surface area contributed by atoms with Crippen molar-refractivity contribution in [1.82, 2.24) is 0 Å². The third-order valence-electron chi connectivity index (χ3n) is 0.633. The molecule has 3 nitrogen and oxygen atoms in total. The molecule has 0 aliphatic heterocycles. The lowest BCUT2D eigenvalue weighted by Crippen LogP contribution is -2.15. The molecule has 0 aromatic rings. The average molecular weight is 187 g/mol. The zero-order chi connectivity index (χ0) is 8.41. The summed E-state index contributed by atoms with van der Waals surface area (Å²) < 4.78 is 24.8. The van der Waals surface area contributed by atoms with E-state index in [2.05, 4.69) is 4.18 Å². The molecule has 62 valence electrons. The van der Waals surface area contributed by atoms with Gasteiger partial charge in [-0.25, -0.2) is 0 Å². The van der Waals surface area contributed by atoms with E-state index >= 15 is 0 Å². The van der Waals surface area contributed by atoms with Gasteiger partial charge in [-0.3, -0.25) is 4.18 Å². The molecule has 0 aliphatic rings. The van der Waals surface area contributed by atoms with Gasteiger partial charge in [0, 0.05) is 10.7 Å². The summed E-state index contributed by atoms with van der Waals surface area (Å²) in [6.45, 7) is 5.68. The summed E-state index contributed by atoms with van der Waals surface area (Å²) in [7, 11) is 1.00. The van der Waals surface area contributed by atoms with Crippen LogP contribution < -0.4 is 0 Å². The van der Waals surface area contributed by atoms with Crippen LogP contribution in [0.5, 0.6) is 0 Å². The highest BCUT2D eigenvalue weighted by atomic mass is 35.7. The fraction of sp³-hybridized carbons (Fsp3) is 1.00. The van der Waals surface area contributed by atoms with Crippen molar-refractivity contribution in [3.8, 4) is 0 Å². The molecule has 0 unspecified atom stereocenters. The SMILES string of the molecule is CC(C)(C)COS(=O)(=O)Cl. The Morgan fingerprint density at radius 2 is 1.80 bits per heavy atom. The lowest BCUT2D eigenvalue weighted by atomic mass is 9.99. The molecule has 0 amide bonds. The van der Waals surface area contributed by atoms with E-state index in [1.165, 1.54) is 0 Å². The summed E-state index contributed by atoms with van der Waals surface area (Å²) >= 11 is 0. The molecule has 0 aliphatic carbocycles. The molecule has 0 saturated carbocycles. The minimum absolute atomic E-state index is 0.110. The quantitative estimate of drug-likeness (QED) is 0.615. The van der Waals surface area contributed by atoms with E-state index in [0.29, 0.717) is 0 Å². The minimum Gasteiger partial charge on any atom is -0.257 e. The van der Waals surface area contributed by atoms with Crippen LogP contribution in [-0.4, -0.2) is 15.0 Å². The average Bonchev–Trinajstić information content (AvgIpc) is 1.57. The Bertz CT molecular complexity index is 189. The first-order valence-electron chi connectivity index (χ1n) is 2.80. The zero-order valence-corrected chi connectivity index (χ0v) is 7.79. The monoisotopic (exact) mass is 186 g/mol. The second kappa shape index (κ2) is 3.07. The van der Waals surface area contributed by atoms with Crippen molar-refractivity contribution in [2.75, 3.05) is 6.61 Å². The van der Waals surface area contributed by atoms with Crippen molar-refractivity contribution in [2.45, 2.75) is 20.8 Å². The molecule has 0 fully saturated rings. The predicted octanol–water partition coefficient (Wildman–Crippen LogP) is 1.53. The standard InChI is InChI=1S/C5H11ClO3S/c1-5(2,3)4-9-10(6,7)8/h4H2,1-3H3. The van der Waals surface area contributed by atoms with Crippen LogP contribution in [-0.2, 0) is 13.5 Å². The van der Waals surface area contributed by atoms with Crippen LogP contribution in [0.1, 0.15) is 20.8 Å². The molecule has 0 atom stereocenters. The summed E-state index contributed by atoms with van der Waals surface area (Å²) in [5.74, 6) is 0. The number of hydrogen-bond donors (Lipinski definition) is 0. The first-order chi connectivity index (χ1) is 4.21. The normalized spacial score (nSPS) is 13.6. The molecular weight excluding hydrogens is 176 g/mol. The molecule has 0 N–H and O–H groups in total. The summed E-state index contributed by atoms with van der Waals surface area (Å²) in [4.78, 5) is 0. The van der Waals surface area contributed by atoms with E-state index in [1.807, 2.05) is 20.8 Å². The second-order valence-corrected chi connectivity index (χ2v) is 5.37. The van der Waals surface area contributed by atoms with Crippen molar-refractivity contribution in [1.29, 1.82) is 0 Å². The molecule has 0 aromatic heterocycles. The Balaban J connectivity index is 3.79. The highest BCUT2D eigenvalue weighted by Gasteiger charge is 2.14. The molecule has 0 spiro atoms. The maximum atomic E-state index is 10.2. The number of halogens is 1. The maximum absolute atomic E-state index is 10.2. The largest absolute Gasteiger partial charge is 0.355 e. The summed E-state index contributed by atoms with van der Waals surface area (Å²) in [6.07, 6.45) is 0. The summed E-state index contributed by atoms with van der Waals surface area (Å²) in [5.41, 5.74) is -0.179. The van der Waals surface area contributed by atoms with Gasteiger partial charge in [0.15, 0.2) is 0 Å². The van der Waals surface area contributed by atoms with Crippen LogP contribution >= 0.6 is 10.7 Å². The Morgan fingerprint density at radius 3 is 1.90 bits per heavy atom. The molecule has 0 rings (SSSR count). The molecule has 0 radical (unpaired) electrons. The summed E-state index contributed by atoms with van der Waals surface area (Å²) in [5, 5.41) is 0. The zero-order valence-electron chi connectivity index (χ0n) is 6.22. The van der Waals surface area contributed by atoms with Crippen molar-refractivity contribution in [3.63, 3.8) is 0 Å². The van der Waals surface area contributed by atoms with Gasteiger partial charge >= 0.3 is 9.33 Å². The molecule has 5 heteroatoms. The van der Waals surface area contributed by atoms with Gasteiger partial charge < -0.3 is 0 Å². The van der Waals surface area contributed by atoms with Crippen molar-refractivity contribution in [2.24, 2.45) is 5.41 Å². The van der Waals surface area contributed by atoms with E-state index in [1.54, 1.807) is 0 Å².